The zero-order valence-electron chi connectivity index (χ0n) is 11.7. The van der Waals surface area contributed by atoms with Gasteiger partial charge in [-0.05, 0) is 25.7 Å². The van der Waals surface area contributed by atoms with Crippen LogP contribution in [0.5, 0.6) is 0 Å². The van der Waals surface area contributed by atoms with Crippen LogP contribution in [0.25, 0.3) is 0 Å². The van der Waals surface area contributed by atoms with E-state index in [0.29, 0.717) is 0 Å². The van der Waals surface area contributed by atoms with Crippen molar-refractivity contribution in [2.45, 2.75) is 52.0 Å². The molecule has 2 rings (SSSR count). The molecule has 106 valence electrons. The summed E-state index contributed by atoms with van der Waals surface area (Å²) in [6, 6.07) is 0.254. The lowest BCUT2D eigenvalue weighted by molar-refractivity contribution is 0.185. The van der Waals surface area contributed by atoms with E-state index in [-0.39, 0.29) is 6.04 Å². The van der Waals surface area contributed by atoms with Gasteiger partial charge in [0.15, 0.2) is 5.13 Å². The van der Waals surface area contributed by atoms with Crippen molar-refractivity contribution in [2.75, 3.05) is 18.4 Å². The van der Waals surface area contributed by atoms with Gasteiger partial charge in [-0.15, -0.1) is 16.2 Å². The van der Waals surface area contributed by atoms with Gasteiger partial charge in [0.05, 0.1) is 17.0 Å². The average molecular weight is 282 g/mol. The van der Waals surface area contributed by atoms with Crippen LogP contribution >= 0.6 is 11.3 Å². The molecule has 0 radical (unpaired) electrons. The van der Waals surface area contributed by atoms with Gasteiger partial charge in [-0.1, -0.05) is 13.8 Å². The van der Waals surface area contributed by atoms with Crippen LogP contribution < -0.4 is 5.32 Å². The first kappa shape index (κ1) is 14.2. The van der Waals surface area contributed by atoms with E-state index < -0.39 is 0 Å². The average Bonchev–Trinajstić information content (AvgIpc) is 2.84. The van der Waals surface area contributed by atoms with Gasteiger partial charge in [-0.3, -0.25) is 5.01 Å². The number of rotatable bonds is 7. The Kier molecular flexibility index (Phi) is 5.13. The molecule has 0 bridgehead atoms. The molecule has 0 spiro atoms. The Balaban J connectivity index is 2.02. The third-order valence-electron chi connectivity index (χ3n) is 3.42. The first-order chi connectivity index (χ1) is 9.28. The second kappa shape index (κ2) is 6.84. The van der Waals surface area contributed by atoms with E-state index in [0.717, 1.165) is 50.3 Å². The van der Waals surface area contributed by atoms with Crippen molar-refractivity contribution in [3.63, 3.8) is 0 Å². The van der Waals surface area contributed by atoms with E-state index in [2.05, 4.69) is 29.4 Å². The van der Waals surface area contributed by atoms with Gasteiger partial charge >= 0.3 is 0 Å². The molecule has 1 aromatic rings. The van der Waals surface area contributed by atoms with Gasteiger partial charge in [-0.25, -0.2) is 4.98 Å². The van der Waals surface area contributed by atoms with Crippen LogP contribution in [0.15, 0.2) is 5.29 Å². The molecule has 1 heterocycles. The highest BCUT2D eigenvalue weighted by Crippen LogP contribution is 2.31. The summed E-state index contributed by atoms with van der Waals surface area (Å²) in [7, 11) is 0. The van der Waals surface area contributed by atoms with Gasteiger partial charge in [0, 0.05) is 24.4 Å². The van der Waals surface area contributed by atoms with Crippen molar-refractivity contribution >= 4 is 16.5 Å². The van der Waals surface area contributed by atoms with Crippen molar-refractivity contribution in [1.82, 2.24) is 9.99 Å². The maximum atomic E-state index is 10.9. The summed E-state index contributed by atoms with van der Waals surface area (Å²) in [5.41, 5.74) is 1.21. The van der Waals surface area contributed by atoms with Gasteiger partial charge in [-0.2, -0.15) is 0 Å². The van der Waals surface area contributed by atoms with Crippen molar-refractivity contribution in [2.24, 2.45) is 5.29 Å². The third-order valence-corrected chi connectivity index (χ3v) is 4.50. The lowest BCUT2D eigenvalue weighted by atomic mass is 9.97. The Morgan fingerprint density at radius 2 is 2.32 bits per heavy atom. The fourth-order valence-corrected chi connectivity index (χ4v) is 3.54. The monoisotopic (exact) mass is 282 g/mol. The number of hydrogen-bond acceptors (Lipinski definition) is 5. The van der Waals surface area contributed by atoms with Gasteiger partial charge in [0.25, 0.3) is 0 Å². The zero-order valence-corrected chi connectivity index (χ0v) is 12.5. The maximum absolute atomic E-state index is 10.9. The van der Waals surface area contributed by atoms with Crippen LogP contribution in [0.3, 0.4) is 0 Å². The Bertz CT molecular complexity index is 421. The van der Waals surface area contributed by atoms with E-state index in [1.54, 1.807) is 16.3 Å². The topological polar surface area (TPSA) is 57.6 Å². The number of aryl methyl sites for hydroxylation is 1. The fraction of sp³-hybridized carbons (Fsp3) is 0.769. The van der Waals surface area contributed by atoms with Crippen LogP contribution in [0.2, 0.25) is 0 Å². The number of fused-ring (bicyclic) bond motifs is 1. The number of thiazole rings is 1. The summed E-state index contributed by atoms with van der Waals surface area (Å²) in [5, 5.41) is 9.26. The van der Waals surface area contributed by atoms with Gasteiger partial charge in [0.1, 0.15) is 0 Å². The van der Waals surface area contributed by atoms with Gasteiger partial charge in [0.2, 0.25) is 0 Å². The lowest BCUT2D eigenvalue weighted by Gasteiger charge is -2.28. The minimum Gasteiger partial charge on any atom is -0.362 e. The molecule has 1 unspecified atom stereocenters. The largest absolute Gasteiger partial charge is 0.362 e. The zero-order chi connectivity index (χ0) is 13.7. The molecule has 0 saturated heterocycles. The Morgan fingerprint density at radius 1 is 1.47 bits per heavy atom. The molecule has 0 aromatic carbocycles. The molecular formula is C13H22N4OS. The number of nitroso groups, excluding NO2 is 1. The summed E-state index contributed by atoms with van der Waals surface area (Å²) in [5.74, 6) is 0. The predicted octanol–water partition coefficient (Wildman–Crippen LogP) is 3.22. The van der Waals surface area contributed by atoms with Crippen LogP contribution in [0.1, 0.15) is 43.7 Å². The quantitative estimate of drug-likeness (QED) is 0.616. The molecule has 1 atom stereocenters. The maximum Gasteiger partial charge on any atom is 0.183 e. The summed E-state index contributed by atoms with van der Waals surface area (Å²) >= 11 is 1.73. The standard InChI is InChI=1S/C13H22N4OS/c1-3-7-14-13-15-11-6-5-10(9-12(11)19-13)17(16-18)8-4-2/h10H,3-9H2,1-2H3,(H,14,15). The summed E-state index contributed by atoms with van der Waals surface area (Å²) < 4.78 is 0. The van der Waals surface area contributed by atoms with E-state index in [4.69, 9.17) is 0 Å². The number of nitrogens with zero attached hydrogens (tertiary/aromatic N) is 3. The highest BCUT2D eigenvalue weighted by atomic mass is 32.1. The normalized spacial score (nSPS) is 17.9. The first-order valence-corrected chi connectivity index (χ1v) is 7.92. The van der Waals surface area contributed by atoms with E-state index in [9.17, 15) is 4.91 Å². The second-order valence-corrected chi connectivity index (χ2v) is 6.04. The highest BCUT2D eigenvalue weighted by molar-refractivity contribution is 7.15. The molecule has 0 fully saturated rings. The number of nitrogens with one attached hydrogen (secondary N) is 1. The highest BCUT2D eigenvalue weighted by Gasteiger charge is 2.26. The van der Waals surface area contributed by atoms with Crippen molar-refractivity contribution < 1.29 is 0 Å². The van der Waals surface area contributed by atoms with Crippen LogP contribution in [0.4, 0.5) is 5.13 Å². The SMILES string of the molecule is CCCNc1nc2c(s1)CC(N(CCC)N=O)CC2. The Morgan fingerprint density at radius 3 is 3.00 bits per heavy atom. The second-order valence-electron chi connectivity index (χ2n) is 4.96. The van der Waals surface area contributed by atoms with Crippen LogP contribution in [0, 0.1) is 4.91 Å². The van der Waals surface area contributed by atoms with Gasteiger partial charge < -0.3 is 5.32 Å². The molecule has 19 heavy (non-hydrogen) atoms. The third kappa shape index (κ3) is 3.43. The number of hydrogen-bond donors (Lipinski definition) is 1. The van der Waals surface area contributed by atoms with Crippen molar-refractivity contribution in [3.8, 4) is 0 Å². The van der Waals surface area contributed by atoms with E-state index >= 15 is 0 Å². The number of anilines is 1. The predicted molar refractivity (Wildman–Crippen MR) is 79.5 cm³/mol. The smallest absolute Gasteiger partial charge is 0.183 e. The fourth-order valence-electron chi connectivity index (χ4n) is 2.44. The molecular weight excluding hydrogens is 260 g/mol. The van der Waals surface area contributed by atoms with Crippen LogP contribution in [-0.4, -0.2) is 29.1 Å². The van der Waals surface area contributed by atoms with Crippen LogP contribution in [-0.2, 0) is 12.8 Å². The minimum atomic E-state index is 0.254. The molecule has 5 nitrogen and oxygen atoms in total. The summed E-state index contributed by atoms with van der Waals surface area (Å²) in [6.45, 7) is 5.94. The van der Waals surface area contributed by atoms with E-state index in [1.807, 2.05) is 0 Å². The molecule has 0 aliphatic heterocycles. The minimum absolute atomic E-state index is 0.254. The molecule has 0 amide bonds. The van der Waals surface area contributed by atoms with Crippen molar-refractivity contribution in [1.29, 1.82) is 0 Å². The Hall–Kier alpha value is -1.17. The molecule has 1 aromatic heterocycles. The lowest BCUT2D eigenvalue weighted by Crippen LogP contribution is -2.35. The summed E-state index contributed by atoms with van der Waals surface area (Å²) in [4.78, 5) is 16.9. The van der Waals surface area contributed by atoms with E-state index in [1.165, 1.54) is 10.6 Å². The van der Waals surface area contributed by atoms with Crippen molar-refractivity contribution in [3.05, 3.63) is 15.5 Å². The first-order valence-electron chi connectivity index (χ1n) is 7.10. The molecule has 1 aliphatic rings. The Labute approximate surface area is 118 Å². The molecule has 1 aliphatic carbocycles. The number of aromatic nitrogens is 1. The summed E-state index contributed by atoms with van der Waals surface area (Å²) in [6.07, 6.45) is 4.91. The molecule has 1 N–H and O–H groups in total. The molecule has 0 saturated carbocycles. The molecule has 6 heteroatoms.